The largest absolute Gasteiger partial charge is 0.294 e. The summed E-state index contributed by atoms with van der Waals surface area (Å²) in [6.07, 6.45) is 7.60. The van der Waals surface area contributed by atoms with Crippen LogP contribution < -0.4 is 0 Å². The molecule has 2 rings (SSSR count). The first-order valence-corrected chi connectivity index (χ1v) is 5.03. The van der Waals surface area contributed by atoms with Gasteiger partial charge in [0.1, 0.15) is 0 Å². The third-order valence-electron chi connectivity index (χ3n) is 2.28. The van der Waals surface area contributed by atoms with E-state index in [1.54, 1.807) is 36.2 Å². The standard InChI is InChI=1S/C12H11N3O/c1-2-3-4-5-12(16)10-8-14-15-7-6-13-9-11(10)15/h6-9H,4-5H2,1H3. The number of nitrogens with zero attached hydrogens (tertiary/aromatic N) is 3. The molecule has 2 aromatic heterocycles. The van der Waals surface area contributed by atoms with E-state index in [1.165, 1.54) is 0 Å². The summed E-state index contributed by atoms with van der Waals surface area (Å²) in [5, 5.41) is 4.09. The van der Waals surface area contributed by atoms with Crippen molar-refractivity contribution in [2.24, 2.45) is 0 Å². The molecule has 4 nitrogen and oxygen atoms in total. The van der Waals surface area contributed by atoms with Crippen LogP contribution in [0.2, 0.25) is 0 Å². The Balaban J connectivity index is 2.25. The average Bonchev–Trinajstić information content (AvgIpc) is 2.73. The van der Waals surface area contributed by atoms with Gasteiger partial charge in [-0.1, -0.05) is 0 Å². The van der Waals surface area contributed by atoms with E-state index >= 15 is 0 Å². The summed E-state index contributed by atoms with van der Waals surface area (Å²) < 4.78 is 1.64. The predicted molar refractivity (Wildman–Crippen MR) is 60.0 cm³/mol. The van der Waals surface area contributed by atoms with E-state index in [9.17, 15) is 4.79 Å². The van der Waals surface area contributed by atoms with Crippen molar-refractivity contribution >= 4 is 11.3 Å². The molecule has 0 fully saturated rings. The van der Waals surface area contributed by atoms with Crippen molar-refractivity contribution in [2.45, 2.75) is 19.8 Å². The number of ketones is 1. The van der Waals surface area contributed by atoms with Gasteiger partial charge in [0.05, 0.1) is 23.5 Å². The fraction of sp³-hybridized carbons (Fsp3) is 0.250. The van der Waals surface area contributed by atoms with Crippen LogP contribution in [0.4, 0.5) is 0 Å². The van der Waals surface area contributed by atoms with Crippen LogP contribution >= 0.6 is 0 Å². The number of fused-ring (bicyclic) bond motifs is 1. The second-order valence-corrected chi connectivity index (χ2v) is 3.31. The van der Waals surface area contributed by atoms with Crippen LogP contribution in [0.5, 0.6) is 0 Å². The Morgan fingerprint density at radius 1 is 1.50 bits per heavy atom. The molecule has 0 atom stereocenters. The van der Waals surface area contributed by atoms with Gasteiger partial charge in [-0.15, -0.1) is 11.8 Å². The van der Waals surface area contributed by atoms with E-state index in [4.69, 9.17) is 0 Å². The van der Waals surface area contributed by atoms with Gasteiger partial charge in [-0.25, -0.2) is 4.52 Å². The number of Topliss-reactive ketones (excluding diaryl/α,β-unsaturated/α-hetero) is 1. The topological polar surface area (TPSA) is 47.3 Å². The van der Waals surface area contributed by atoms with Gasteiger partial charge in [0.15, 0.2) is 5.78 Å². The Morgan fingerprint density at radius 3 is 3.19 bits per heavy atom. The fourth-order valence-corrected chi connectivity index (χ4v) is 1.48. The highest BCUT2D eigenvalue weighted by molar-refractivity contribution is 6.02. The van der Waals surface area contributed by atoms with Gasteiger partial charge in [0.2, 0.25) is 0 Å². The first-order chi connectivity index (χ1) is 7.83. The number of rotatable bonds is 3. The molecule has 0 amide bonds. The predicted octanol–water partition coefficient (Wildman–Crippen LogP) is 1.72. The third kappa shape index (κ3) is 1.94. The van der Waals surface area contributed by atoms with E-state index in [0.717, 1.165) is 5.52 Å². The maximum Gasteiger partial charge on any atom is 0.167 e. The van der Waals surface area contributed by atoms with Crippen molar-refractivity contribution in [1.29, 1.82) is 0 Å². The maximum atomic E-state index is 11.8. The van der Waals surface area contributed by atoms with Crippen LogP contribution in [0.15, 0.2) is 24.8 Å². The van der Waals surface area contributed by atoms with E-state index in [1.807, 2.05) is 0 Å². The number of hydrogen-bond donors (Lipinski definition) is 0. The molecule has 0 aliphatic carbocycles. The Hall–Kier alpha value is -2.15. The van der Waals surface area contributed by atoms with Crippen LogP contribution in [-0.2, 0) is 0 Å². The minimum absolute atomic E-state index is 0.0609. The molecule has 2 heterocycles. The highest BCUT2D eigenvalue weighted by Crippen LogP contribution is 2.11. The molecule has 0 bridgehead atoms. The molecule has 80 valence electrons. The zero-order chi connectivity index (χ0) is 11.4. The molecule has 0 unspecified atom stereocenters. The molecular formula is C12H11N3O. The molecule has 0 aliphatic heterocycles. The van der Waals surface area contributed by atoms with Crippen molar-refractivity contribution in [1.82, 2.24) is 14.6 Å². The Labute approximate surface area is 93.3 Å². The van der Waals surface area contributed by atoms with E-state index < -0.39 is 0 Å². The molecule has 0 aromatic carbocycles. The second-order valence-electron chi connectivity index (χ2n) is 3.31. The first-order valence-electron chi connectivity index (χ1n) is 5.03. The minimum atomic E-state index is 0.0609. The Kier molecular flexibility index (Phi) is 2.97. The lowest BCUT2D eigenvalue weighted by atomic mass is 10.1. The highest BCUT2D eigenvalue weighted by atomic mass is 16.1. The summed E-state index contributed by atoms with van der Waals surface area (Å²) >= 11 is 0. The van der Waals surface area contributed by atoms with Crippen molar-refractivity contribution < 1.29 is 4.79 Å². The van der Waals surface area contributed by atoms with Gasteiger partial charge in [0.25, 0.3) is 0 Å². The fourth-order valence-electron chi connectivity index (χ4n) is 1.48. The summed E-state index contributed by atoms with van der Waals surface area (Å²) in [5.74, 6) is 5.71. The Morgan fingerprint density at radius 2 is 2.38 bits per heavy atom. The Bertz CT molecular complexity index is 574. The van der Waals surface area contributed by atoms with Crippen LogP contribution in [0.3, 0.4) is 0 Å². The first kappa shape index (κ1) is 10.4. The minimum Gasteiger partial charge on any atom is -0.294 e. The quantitative estimate of drug-likeness (QED) is 0.576. The van der Waals surface area contributed by atoms with Crippen molar-refractivity contribution in [3.8, 4) is 11.8 Å². The molecular weight excluding hydrogens is 202 g/mol. The van der Waals surface area contributed by atoms with Gasteiger partial charge in [-0.2, -0.15) is 5.10 Å². The van der Waals surface area contributed by atoms with Crippen LogP contribution in [0.1, 0.15) is 30.1 Å². The molecule has 0 spiro atoms. The van der Waals surface area contributed by atoms with Crippen LogP contribution in [0, 0.1) is 11.8 Å². The van der Waals surface area contributed by atoms with E-state index in [-0.39, 0.29) is 5.78 Å². The van der Waals surface area contributed by atoms with E-state index in [0.29, 0.717) is 18.4 Å². The third-order valence-corrected chi connectivity index (χ3v) is 2.28. The zero-order valence-corrected chi connectivity index (χ0v) is 8.97. The SMILES string of the molecule is CC#CCCC(=O)c1cnn2ccncc12. The summed E-state index contributed by atoms with van der Waals surface area (Å²) in [7, 11) is 0. The van der Waals surface area contributed by atoms with Crippen molar-refractivity contribution in [3.63, 3.8) is 0 Å². The van der Waals surface area contributed by atoms with Crippen LogP contribution in [0.25, 0.3) is 5.52 Å². The summed E-state index contributed by atoms with van der Waals surface area (Å²) in [4.78, 5) is 15.8. The number of aromatic nitrogens is 3. The maximum absolute atomic E-state index is 11.8. The smallest absolute Gasteiger partial charge is 0.167 e. The lowest BCUT2D eigenvalue weighted by molar-refractivity contribution is 0.0986. The van der Waals surface area contributed by atoms with Gasteiger partial charge >= 0.3 is 0 Å². The lowest BCUT2D eigenvalue weighted by Crippen LogP contribution is -1.98. The average molecular weight is 213 g/mol. The normalized spacial score (nSPS) is 9.81. The number of carbonyl (C=O) groups is 1. The van der Waals surface area contributed by atoms with Gasteiger partial charge in [0, 0.05) is 25.2 Å². The molecule has 16 heavy (non-hydrogen) atoms. The number of hydrogen-bond acceptors (Lipinski definition) is 3. The monoisotopic (exact) mass is 213 g/mol. The highest BCUT2D eigenvalue weighted by Gasteiger charge is 2.11. The summed E-state index contributed by atoms with van der Waals surface area (Å²) in [6, 6.07) is 0. The molecule has 2 aromatic rings. The molecule has 0 saturated heterocycles. The molecule has 0 N–H and O–H groups in total. The van der Waals surface area contributed by atoms with Crippen LogP contribution in [-0.4, -0.2) is 20.4 Å². The van der Waals surface area contributed by atoms with Crippen molar-refractivity contribution in [3.05, 3.63) is 30.4 Å². The molecule has 0 radical (unpaired) electrons. The van der Waals surface area contributed by atoms with Crippen molar-refractivity contribution in [2.75, 3.05) is 0 Å². The van der Waals surface area contributed by atoms with E-state index in [2.05, 4.69) is 21.9 Å². The second kappa shape index (κ2) is 4.58. The van der Waals surface area contributed by atoms with Gasteiger partial charge < -0.3 is 0 Å². The molecule has 0 aliphatic rings. The number of carbonyl (C=O) groups excluding carboxylic acids is 1. The summed E-state index contributed by atoms with van der Waals surface area (Å²) in [5.41, 5.74) is 1.36. The molecule has 0 saturated carbocycles. The zero-order valence-electron chi connectivity index (χ0n) is 8.97. The van der Waals surface area contributed by atoms with Gasteiger partial charge in [-0.3, -0.25) is 9.78 Å². The van der Waals surface area contributed by atoms with Gasteiger partial charge in [-0.05, 0) is 6.92 Å². The summed E-state index contributed by atoms with van der Waals surface area (Å²) in [6.45, 7) is 1.77. The molecule has 4 heteroatoms. The lowest BCUT2D eigenvalue weighted by Gasteiger charge is -1.95.